The Bertz CT molecular complexity index is 1110. The summed E-state index contributed by atoms with van der Waals surface area (Å²) in [6.07, 6.45) is 1.46. The zero-order chi connectivity index (χ0) is 20.6. The van der Waals surface area contributed by atoms with Crippen molar-refractivity contribution in [3.8, 4) is 11.8 Å². The van der Waals surface area contributed by atoms with Crippen molar-refractivity contribution in [3.05, 3.63) is 98.5 Å². The zero-order valence-corrected chi connectivity index (χ0v) is 17.4. The monoisotopic (exact) mass is 467 g/mol. The number of nitriles is 1. The van der Waals surface area contributed by atoms with Gasteiger partial charge in [-0.2, -0.15) is 10.4 Å². The van der Waals surface area contributed by atoms with Gasteiger partial charge in [0.05, 0.1) is 23.4 Å². The van der Waals surface area contributed by atoms with E-state index >= 15 is 0 Å². The summed E-state index contributed by atoms with van der Waals surface area (Å²) in [5.41, 5.74) is 4.88. The summed E-state index contributed by atoms with van der Waals surface area (Å²) in [4.78, 5) is 12.2. The molecule has 29 heavy (non-hydrogen) atoms. The molecule has 0 fully saturated rings. The Morgan fingerprint density at radius 1 is 1.17 bits per heavy atom. The first-order valence-corrected chi connectivity index (χ1v) is 9.74. The fraction of sp³-hybridized carbons (Fsp3) is 0.0455. The van der Waals surface area contributed by atoms with Gasteiger partial charge in [0.2, 0.25) is 0 Å². The van der Waals surface area contributed by atoms with E-state index in [9.17, 15) is 10.1 Å². The lowest BCUT2D eigenvalue weighted by Crippen LogP contribution is -2.18. The second-order valence-electron chi connectivity index (χ2n) is 5.92. The molecule has 1 N–H and O–H groups in total. The SMILES string of the molecule is N#Cc1ccccc1COc1ccc(Cl)cc1/C=N\NC(=O)c1ccccc1Br. The van der Waals surface area contributed by atoms with Gasteiger partial charge >= 0.3 is 0 Å². The molecule has 3 aromatic carbocycles. The quantitative estimate of drug-likeness (QED) is 0.393. The number of hydrogen-bond acceptors (Lipinski definition) is 4. The fourth-order valence-electron chi connectivity index (χ4n) is 2.53. The first-order chi connectivity index (χ1) is 14.1. The molecular formula is C22H15BrClN3O2. The van der Waals surface area contributed by atoms with Gasteiger partial charge in [0.15, 0.2) is 0 Å². The Kier molecular flexibility index (Phi) is 7.01. The molecule has 0 saturated heterocycles. The molecule has 0 saturated carbocycles. The van der Waals surface area contributed by atoms with Crippen molar-refractivity contribution >= 4 is 39.7 Å². The average Bonchev–Trinajstić information content (AvgIpc) is 2.73. The first kappa shape index (κ1) is 20.6. The van der Waals surface area contributed by atoms with Crippen LogP contribution in [0, 0.1) is 11.3 Å². The predicted molar refractivity (Wildman–Crippen MR) is 116 cm³/mol. The highest BCUT2D eigenvalue weighted by molar-refractivity contribution is 9.10. The third kappa shape index (κ3) is 5.44. The number of benzene rings is 3. The molecule has 0 unspecified atom stereocenters. The van der Waals surface area contributed by atoms with E-state index < -0.39 is 0 Å². The van der Waals surface area contributed by atoms with Crippen LogP contribution in [0.1, 0.15) is 27.0 Å². The van der Waals surface area contributed by atoms with Gasteiger partial charge in [0.1, 0.15) is 12.4 Å². The Labute approximate surface area is 181 Å². The molecule has 5 nitrogen and oxygen atoms in total. The number of ether oxygens (including phenoxy) is 1. The molecule has 0 heterocycles. The maximum atomic E-state index is 12.2. The summed E-state index contributed by atoms with van der Waals surface area (Å²) in [6, 6.07) is 21.5. The number of rotatable bonds is 6. The Morgan fingerprint density at radius 3 is 2.72 bits per heavy atom. The Balaban J connectivity index is 1.73. The van der Waals surface area contributed by atoms with E-state index in [1.54, 1.807) is 48.5 Å². The van der Waals surface area contributed by atoms with Crippen LogP contribution in [0.4, 0.5) is 0 Å². The smallest absolute Gasteiger partial charge is 0.272 e. The average molecular weight is 469 g/mol. The highest BCUT2D eigenvalue weighted by Gasteiger charge is 2.09. The third-order valence-corrected chi connectivity index (χ3v) is 4.91. The molecule has 0 aliphatic heterocycles. The van der Waals surface area contributed by atoms with Gasteiger partial charge in [0, 0.05) is 20.6 Å². The molecule has 144 valence electrons. The molecule has 7 heteroatoms. The van der Waals surface area contributed by atoms with E-state index in [0.717, 1.165) is 5.56 Å². The van der Waals surface area contributed by atoms with Crippen molar-refractivity contribution in [1.29, 1.82) is 5.26 Å². The maximum Gasteiger partial charge on any atom is 0.272 e. The highest BCUT2D eigenvalue weighted by atomic mass is 79.9. The Hall–Kier alpha value is -3.14. The molecule has 0 bridgehead atoms. The lowest BCUT2D eigenvalue weighted by Gasteiger charge is -2.10. The van der Waals surface area contributed by atoms with Crippen LogP contribution in [0.3, 0.4) is 0 Å². The molecular weight excluding hydrogens is 454 g/mol. The minimum atomic E-state index is -0.346. The van der Waals surface area contributed by atoms with Crippen molar-refractivity contribution in [2.24, 2.45) is 5.10 Å². The summed E-state index contributed by atoms with van der Waals surface area (Å²) < 4.78 is 6.54. The molecule has 0 aromatic heterocycles. The van der Waals surface area contributed by atoms with E-state index in [-0.39, 0.29) is 12.5 Å². The molecule has 3 rings (SSSR count). The fourth-order valence-corrected chi connectivity index (χ4v) is 3.17. The van der Waals surface area contributed by atoms with Gasteiger partial charge in [-0.15, -0.1) is 0 Å². The number of hydrazone groups is 1. The number of amides is 1. The number of nitrogens with zero attached hydrogens (tertiary/aromatic N) is 2. The molecule has 0 aliphatic rings. The molecule has 3 aromatic rings. The van der Waals surface area contributed by atoms with E-state index in [4.69, 9.17) is 16.3 Å². The van der Waals surface area contributed by atoms with Crippen LogP contribution in [0.2, 0.25) is 5.02 Å². The van der Waals surface area contributed by atoms with Gasteiger partial charge in [-0.25, -0.2) is 5.43 Å². The highest BCUT2D eigenvalue weighted by Crippen LogP contribution is 2.23. The first-order valence-electron chi connectivity index (χ1n) is 8.57. The number of halogens is 2. The van der Waals surface area contributed by atoms with E-state index in [1.165, 1.54) is 6.21 Å². The van der Waals surface area contributed by atoms with Gasteiger partial charge in [-0.1, -0.05) is 41.9 Å². The van der Waals surface area contributed by atoms with Crippen LogP contribution in [-0.2, 0) is 6.61 Å². The summed E-state index contributed by atoms with van der Waals surface area (Å²) in [5.74, 6) is 0.183. The zero-order valence-electron chi connectivity index (χ0n) is 15.1. The van der Waals surface area contributed by atoms with Crippen molar-refractivity contribution in [3.63, 3.8) is 0 Å². The van der Waals surface area contributed by atoms with Crippen LogP contribution >= 0.6 is 27.5 Å². The van der Waals surface area contributed by atoms with Crippen molar-refractivity contribution < 1.29 is 9.53 Å². The normalized spacial score (nSPS) is 10.5. The molecule has 0 spiro atoms. The van der Waals surface area contributed by atoms with E-state index in [0.29, 0.717) is 31.9 Å². The second kappa shape index (κ2) is 9.87. The third-order valence-electron chi connectivity index (χ3n) is 3.98. The summed E-state index contributed by atoms with van der Waals surface area (Å²) >= 11 is 9.42. The molecule has 0 radical (unpaired) electrons. The lowest BCUT2D eigenvalue weighted by atomic mass is 10.1. The van der Waals surface area contributed by atoms with Gasteiger partial charge in [-0.3, -0.25) is 4.79 Å². The van der Waals surface area contributed by atoms with Gasteiger partial charge in [0.25, 0.3) is 5.91 Å². The summed E-state index contributed by atoms with van der Waals surface area (Å²) in [7, 11) is 0. The van der Waals surface area contributed by atoms with Crippen LogP contribution in [0.5, 0.6) is 5.75 Å². The second-order valence-corrected chi connectivity index (χ2v) is 7.21. The Morgan fingerprint density at radius 2 is 1.93 bits per heavy atom. The topological polar surface area (TPSA) is 74.5 Å². The van der Waals surface area contributed by atoms with Crippen molar-refractivity contribution in [2.75, 3.05) is 0 Å². The van der Waals surface area contributed by atoms with Crippen molar-refractivity contribution in [1.82, 2.24) is 5.43 Å². The van der Waals surface area contributed by atoms with Crippen LogP contribution in [0.25, 0.3) is 0 Å². The van der Waals surface area contributed by atoms with E-state index in [2.05, 4.69) is 32.5 Å². The van der Waals surface area contributed by atoms with Crippen molar-refractivity contribution in [2.45, 2.75) is 6.61 Å². The van der Waals surface area contributed by atoms with Crippen LogP contribution in [-0.4, -0.2) is 12.1 Å². The largest absolute Gasteiger partial charge is 0.488 e. The molecule has 0 aliphatic carbocycles. The number of hydrogen-bond donors (Lipinski definition) is 1. The van der Waals surface area contributed by atoms with Gasteiger partial charge in [-0.05, 0) is 52.3 Å². The number of carbonyl (C=O) groups excluding carboxylic acids is 1. The number of carbonyl (C=O) groups is 1. The van der Waals surface area contributed by atoms with E-state index in [1.807, 2.05) is 18.2 Å². The lowest BCUT2D eigenvalue weighted by molar-refractivity contribution is 0.0954. The summed E-state index contributed by atoms with van der Waals surface area (Å²) in [6.45, 7) is 0.218. The minimum Gasteiger partial charge on any atom is -0.488 e. The van der Waals surface area contributed by atoms with Crippen LogP contribution < -0.4 is 10.2 Å². The molecule has 0 atom stereocenters. The number of nitrogens with one attached hydrogen (secondary N) is 1. The van der Waals surface area contributed by atoms with Crippen LogP contribution in [0.15, 0.2) is 76.3 Å². The maximum absolute atomic E-state index is 12.2. The minimum absolute atomic E-state index is 0.218. The molecule has 1 amide bonds. The van der Waals surface area contributed by atoms with Gasteiger partial charge < -0.3 is 4.74 Å². The summed E-state index contributed by atoms with van der Waals surface area (Å²) in [5, 5.41) is 13.7. The predicted octanol–water partition coefficient (Wildman–Crippen LogP) is 5.32. The standard InChI is InChI=1S/C22H15BrClN3O2/c23-20-8-4-3-7-19(20)22(28)27-26-13-17-11-18(24)9-10-21(17)29-14-16-6-2-1-5-15(16)12-25/h1-11,13H,14H2,(H,27,28)/b26-13-.